The van der Waals surface area contributed by atoms with Crippen molar-refractivity contribution in [2.45, 2.75) is 31.1 Å². The van der Waals surface area contributed by atoms with Crippen LogP contribution in [0.25, 0.3) is 0 Å². The number of rotatable bonds is 6. The molecule has 6 nitrogen and oxygen atoms in total. The molecule has 0 saturated heterocycles. The first kappa shape index (κ1) is 20.9. The number of fused-ring (bicyclic) bond motifs is 1. The number of nitrogens with one attached hydrogen (secondary N) is 1. The molecule has 1 N–H and O–H groups in total. The number of halogens is 2. The molecule has 0 bridgehead atoms. The van der Waals surface area contributed by atoms with Gasteiger partial charge in [0.25, 0.3) is 10.0 Å². The lowest BCUT2D eigenvalue weighted by Gasteiger charge is -2.30. The van der Waals surface area contributed by atoms with Gasteiger partial charge in [-0.25, -0.2) is 21.2 Å². The van der Waals surface area contributed by atoms with Crippen molar-refractivity contribution < 1.29 is 21.2 Å². The second kappa shape index (κ2) is 7.88. The molecule has 152 valence electrons. The van der Waals surface area contributed by atoms with E-state index in [9.17, 15) is 21.2 Å². The van der Waals surface area contributed by atoms with Crippen molar-refractivity contribution in [3.8, 4) is 0 Å². The van der Waals surface area contributed by atoms with E-state index in [1.807, 2.05) is 6.92 Å². The van der Waals surface area contributed by atoms with E-state index < -0.39 is 25.9 Å². The first-order chi connectivity index (χ1) is 13.1. The summed E-state index contributed by atoms with van der Waals surface area (Å²) < 4.78 is 67.2. The highest BCUT2D eigenvalue weighted by Crippen LogP contribution is 2.32. The molecule has 0 spiro atoms. The Morgan fingerprint density at radius 1 is 1.14 bits per heavy atom. The zero-order valence-corrected chi connectivity index (χ0v) is 17.5. The summed E-state index contributed by atoms with van der Waals surface area (Å²) in [6.45, 7) is 2.22. The molecule has 1 aliphatic rings. The first-order valence-electron chi connectivity index (χ1n) is 8.75. The molecular formula is C18H20ClFN2O4S2. The minimum atomic E-state index is -3.96. The summed E-state index contributed by atoms with van der Waals surface area (Å²) in [7, 11) is -7.36. The summed E-state index contributed by atoms with van der Waals surface area (Å²) >= 11 is 5.67. The maximum absolute atomic E-state index is 13.3. The number of anilines is 2. The largest absolute Gasteiger partial charge is 0.280 e. The van der Waals surface area contributed by atoms with Crippen LogP contribution in [0.1, 0.15) is 25.3 Å². The third kappa shape index (κ3) is 4.26. The topological polar surface area (TPSA) is 83.6 Å². The Hall–Kier alpha value is -1.84. The summed E-state index contributed by atoms with van der Waals surface area (Å²) in [5.41, 5.74) is 1.63. The monoisotopic (exact) mass is 446 g/mol. The second-order valence-corrected chi connectivity index (χ2v) is 10.6. The quantitative estimate of drug-likeness (QED) is 0.732. The van der Waals surface area contributed by atoms with Crippen molar-refractivity contribution in [1.29, 1.82) is 0 Å². The van der Waals surface area contributed by atoms with Crippen molar-refractivity contribution in [3.05, 3.63) is 52.8 Å². The van der Waals surface area contributed by atoms with Crippen LogP contribution in [0.15, 0.2) is 41.3 Å². The molecule has 0 aromatic heterocycles. The molecule has 1 heterocycles. The lowest BCUT2D eigenvalue weighted by molar-refractivity contribution is 0.585. The van der Waals surface area contributed by atoms with Crippen molar-refractivity contribution in [3.63, 3.8) is 0 Å². The van der Waals surface area contributed by atoms with Crippen LogP contribution in [0, 0.1) is 5.82 Å². The molecule has 3 rings (SSSR count). The fraction of sp³-hybridized carbons (Fsp3) is 0.333. The molecule has 2 aromatic rings. The van der Waals surface area contributed by atoms with Gasteiger partial charge in [0.2, 0.25) is 10.0 Å². The highest BCUT2D eigenvalue weighted by atomic mass is 35.5. The number of benzene rings is 2. The molecule has 0 saturated carbocycles. The predicted octanol–water partition coefficient (Wildman–Crippen LogP) is 3.77. The highest BCUT2D eigenvalue weighted by molar-refractivity contribution is 7.93. The van der Waals surface area contributed by atoms with Gasteiger partial charge in [0.1, 0.15) is 5.82 Å². The van der Waals surface area contributed by atoms with Crippen molar-refractivity contribution >= 4 is 43.0 Å². The summed E-state index contributed by atoms with van der Waals surface area (Å²) in [6.07, 6.45) is 1.82. The van der Waals surface area contributed by atoms with Crippen molar-refractivity contribution in [1.82, 2.24) is 0 Å². The smallest absolute Gasteiger partial charge is 0.261 e. The Bertz CT molecular complexity index is 1100. The number of nitrogens with zero attached hydrogens (tertiary/aromatic N) is 1. The van der Waals surface area contributed by atoms with Crippen LogP contribution in [0.2, 0.25) is 5.02 Å². The third-order valence-corrected chi connectivity index (χ3v) is 8.05. The molecule has 2 aromatic carbocycles. The van der Waals surface area contributed by atoms with Crippen LogP contribution < -0.4 is 9.03 Å². The van der Waals surface area contributed by atoms with E-state index in [-0.39, 0.29) is 15.7 Å². The molecule has 0 fully saturated rings. The number of hydrogen-bond acceptors (Lipinski definition) is 4. The molecule has 0 radical (unpaired) electrons. The van der Waals surface area contributed by atoms with Gasteiger partial charge < -0.3 is 0 Å². The van der Waals surface area contributed by atoms with Crippen LogP contribution in [0.5, 0.6) is 0 Å². The van der Waals surface area contributed by atoms with E-state index in [1.54, 1.807) is 12.1 Å². The second-order valence-electron chi connectivity index (χ2n) is 6.52. The molecule has 10 heteroatoms. The molecule has 0 amide bonds. The summed E-state index contributed by atoms with van der Waals surface area (Å²) in [5, 5.41) is -0.287. The number of hydrogen-bond donors (Lipinski definition) is 1. The zero-order valence-electron chi connectivity index (χ0n) is 15.2. The van der Waals surface area contributed by atoms with Crippen molar-refractivity contribution in [2.24, 2.45) is 0 Å². The maximum atomic E-state index is 13.3. The van der Waals surface area contributed by atoms with E-state index in [0.29, 0.717) is 37.2 Å². The minimum absolute atomic E-state index is 0.0617. The Morgan fingerprint density at radius 3 is 2.57 bits per heavy atom. The van der Waals surface area contributed by atoms with Gasteiger partial charge in [-0.15, -0.1) is 0 Å². The number of aryl methyl sites for hydroxylation is 1. The molecule has 0 atom stereocenters. The zero-order chi connectivity index (χ0) is 20.5. The summed E-state index contributed by atoms with van der Waals surface area (Å²) in [6, 6.07) is 7.90. The number of sulfonamides is 2. The summed E-state index contributed by atoms with van der Waals surface area (Å²) in [5.74, 6) is -0.644. The Labute approximate surface area is 169 Å². The Morgan fingerprint density at radius 2 is 1.89 bits per heavy atom. The molecular weight excluding hydrogens is 427 g/mol. The molecule has 0 aliphatic carbocycles. The average molecular weight is 447 g/mol. The maximum Gasteiger partial charge on any atom is 0.261 e. The predicted molar refractivity (Wildman–Crippen MR) is 108 cm³/mol. The van der Waals surface area contributed by atoms with Gasteiger partial charge in [0.05, 0.1) is 21.4 Å². The van der Waals surface area contributed by atoms with E-state index in [4.69, 9.17) is 11.6 Å². The van der Waals surface area contributed by atoms with Crippen LogP contribution in [0.4, 0.5) is 15.8 Å². The third-order valence-electron chi connectivity index (χ3n) is 4.41. The minimum Gasteiger partial charge on any atom is -0.280 e. The first-order valence-corrected chi connectivity index (χ1v) is 12.2. The van der Waals surface area contributed by atoms with E-state index in [2.05, 4.69) is 4.72 Å². The lowest BCUT2D eigenvalue weighted by Crippen LogP contribution is -2.37. The van der Waals surface area contributed by atoms with Crippen molar-refractivity contribution in [2.75, 3.05) is 21.3 Å². The highest BCUT2D eigenvalue weighted by Gasteiger charge is 2.27. The van der Waals surface area contributed by atoms with Crippen LogP contribution in [0.3, 0.4) is 0 Å². The molecule has 1 aliphatic heterocycles. The van der Waals surface area contributed by atoms with Gasteiger partial charge in [-0.3, -0.25) is 9.03 Å². The van der Waals surface area contributed by atoms with Crippen LogP contribution in [-0.2, 0) is 26.5 Å². The van der Waals surface area contributed by atoms with Gasteiger partial charge in [0, 0.05) is 12.2 Å². The standard InChI is InChI=1S/C18H20ClFN2O4S2/c1-2-10-27(23,24)22-9-3-4-13-11-14(5-8-18(13)22)21-28(25,26)15-6-7-17(20)16(19)12-15/h5-8,11-12,21H,2-4,9-10H2,1H3. The molecule has 0 unspecified atom stereocenters. The van der Waals surface area contributed by atoms with Gasteiger partial charge in [-0.2, -0.15) is 0 Å². The van der Waals surface area contributed by atoms with Gasteiger partial charge in [-0.05, 0) is 61.2 Å². The van der Waals surface area contributed by atoms with Gasteiger partial charge in [0.15, 0.2) is 0 Å². The Kier molecular flexibility index (Phi) is 5.88. The average Bonchev–Trinajstić information content (AvgIpc) is 2.62. The van der Waals surface area contributed by atoms with E-state index in [0.717, 1.165) is 23.8 Å². The van der Waals surface area contributed by atoms with Gasteiger partial charge >= 0.3 is 0 Å². The lowest BCUT2D eigenvalue weighted by atomic mass is 10.0. The van der Waals surface area contributed by atoms with Crippen LogP contribution >= 0.6 is 11.6 Å². The van der Waals surface area contributed by atoms with Crippen LogP contribution in [-0.4, -0.2) is 29.1 Å². The van der Waals surface area contributed by atoms with E-state index in [1.165, 1.54) is 10.4 Å². The molecule has 28 heavy (non-hydrogen) atoms. The Balaban J connectivity index is 1.90. The SMILES string of the molecule is CCCS(=O)(=O)N1CCCc2cc(NS(=O)(=O)c3ccc(F)c(Cl)c3)ccc21. The van der Waals surface area contributed by atoms with E-state index >= 15 is 0 Å². The fourth-order valence-electron chi connectivity index (χ4n) is 3.14. The fourth-order valence-corrected chi connectivity index (χ4v) is 6.08. The summed E-state index contributed by atoms with van der Waals surface area (Å²) in [4.78, 5) is -0.163. The van der Waals surface area contributed by atoms with Gasteiger partial charge in [-0.1, -0.05) is 18.5 Å². The normalized spacial score (nSPS) is 14.6.